The van der Waals surface area contributed by atoms with Crippen LogP contribution in [0.3, 0.4) is 0 Å². The zero-order valence-electron chi connectivity index (χ0n) is 16.0. The van der Waals surface area contributed by atoms with Gasteiger partial charge >= 0.3 is 11.9 Å². The van der Waals surface area contributed by atoms with Crippen molar-refractivity contribution in [3.05, 3.63) is 0 Å². The molecule has 0 aliphatic carbocycles. The van der Waals surface area contributed by atoms with E-state index < -0.39 is 36.0 Å². The predicted molar refractivity (Wildman–Crippen MR) is 101 cm³/mol. The summed E-state index contributed by atoms with van der Waals surface area (Å²) in [6.07, 6.45) is -0.503. The summed E-state index contributed by atoms with van der Waals surface area (Å²) in [6, 6.07) is -1.83. The molecule has 154 valence electrons. The highest BCUT2D eigenvalue weighted by molar-refractivity contribution is 8.00. The summed E-state index contributed by atoms with van der Waals surface area (Å²) in [6.45, 7) is 3.82. The molecule has 0 aromatic heterocycles. The Labute approximate surface area is 162 Å². The Morgan fingerprint density at radius 3 is 2.33 bits per heavy atom. The van der Waals surface area contributed by atoms with Gasteiger partial charge in [0.25, 0.3) is 0 Å². The standard InChI is InChI=1S/C17H29N3O6S/c1-7-12(11(8(2)21)16(23)24)19-13(17(25)26)14(7)27-9-5-10(18-6-9)15(22)20(3)4/h7-14,18-19,21H,5-6H2,1-4H3,(H,23,24)(H,25,26)/t7-,8-,9-,10-,11-,12-,13?,14+/m1/s1. The van der Waals surface area contributed by atoms with Crippen LogP contribution in [0.15, 0.2) is 0 Å². The maximum atomic E-state index is 12.1. The van der Waals surface area contributed by atoms with E-state index in [2.05, 4.69) is 10.6 Å². The van der Waals surface area contributed by atoms with Crippen LogP contribution in [0, 0.1) is 11.8 Å². The maximum absolute atomic E-state index is 12.1. The van der Waals surface area contributed by atoms with Gasteiger partial charge in [-0.1, -0.05) is 6.92 Å². The quantitative estimate of drug-likeness (QED) is 0.364. The van der Waals surface area contributed by atoms with Crippen LogP contribution in [0.4, 0.5) is 0 Å². The van der Waals surface area contributed by atoms with Crippen LogP contribution in [0.1, 0.15) is 20.3 Å². The van der Waals surface area contributed by atoms with Gasteiger partial charge in [-0.25, -0.2) is 0 Å². The molecule has 0 bridgehead atoms. The van der Waals surface area contributed by atoms with Crippen molar-refractivity contribution in [2.45, 2.75) is 55.0 Å². The molecular formula is C17H29N3O6S. The highest BCUT2D eigenvalue weighted by atomic mass is 32.2. The monoisotopic (exact) mass is 403 g/mol. The highest BCUT2D eigenvalue weighted by Crippen LogP contribution is 2.39. The smallest absolute Gasteiger partial charge is 0.321 e. The Morgan fingerprint density at radius 2 is 1.85 bits per heavy atom. The van der Waals surface area contributed by atoms with Gasteiger partial charge in [0, 0.05) is 37.2 Å². The van der Waals surface area contributed by atoms with Crippen LogP contribution >= 0.6 is 11.8 Å². The molecule has 0 radical (unpaired) electrons. The lowest BCUT2D eigenvalue weighted by Gasteiger charge is -2.27. The summed E-state index contributed by atoms with van der Waals surface area (Å²) >= 11 is 1.49. The van der Waals surface area contributed by atoms with Gasteiger partial charge in [-0.3, -0.25) is 19.7 Å². The minimum Gasteiger partial charge on any atom is -0.481 e. The predicted octanol–water partition coefficient (Wildman–Crippen LogP) is -0.950. The van der Waals surface area contributed by atoms with Crippen molar-refractivity contribution in [1.29, 1.82) is 0 Å². The van der Waals surface area contributed by atoms with E-state index in [1.165, 1.54) is 23.6 Å². The third-order valence-corrected chi connectivity index (χ3v) is 7.18. The average Bonchev–Trinajstić information content (AvgIpc) is 3.13. The van der Waals surface area contributed by atoms with Crippen molar-refractivity contribution in [3.63, 3.8) is 0 Å². The molecule has 0 saturated carbocycles. The normalized spacial score (nSPS) is 35.6. The van der Waals surface area contributed by atoms with E-state index in [1.54, 1.807) is 14.1 Å². The first-order valence-corrected chi connectivity index (χ1v) is 9.98. The summed E-state index contributed by atoms with van der Waals surface area (Å²) in [4.78, 5) is 37.0. The third kappa shape index (κ3) is 4.74. The van der Waals surface area contributed by atoms with E-state index in [9.17, 15) is 29.7 Å². The van der Waals surface area contributed by atoms with E-state index in [1.807, 2.05) is 6.92 Å². The van der Waals surface area contributed by atoms with Gasteiger partial charge in [0.2, 0.25) is 5.91 Å². The number of likely N-dealkylation sites (N-methyl/N-ethyl adjacent to an activating group) is 1. The van der Waals surface area contributed by atoms with Crippen LogP contribution in [-0.2, 0) is 14.4 Å². The summed E-state index contributed by atoms with van der Waals surface area (Å²) in [7, 11) is 3.39. The number of aliphatic hydroxyl groups excluding tert-OH is 1. The SMILES string of the molecule is C[C@@H]1[C@H]([C@H](C(=O)O)[C@@H](C)O)NC(C(=O)O)[C@H]1S[C@H]1CN[C@@H](C(=O)N(C)C)C1. The molecule has 2 rings (SSSR count). The summed E-state index contributed by atoms with van der Waals surface area (Å²) in [5.74, 6) is -3.55. The minimum atomic E-state index is -1.15. The number of thioether (sulfide) groups is 1. The molecular weight excluding hydrogens is 374 g/mol. The first-order valence-electron chi connectivity index (χ1n) is 9.04. The molecule has 2 aliphatic heterocycles. The van der Waals surface area contributed by atoms with E-state index in [0.717, 1.165) is 0 Å². The van der Waals surface area contributed by atoms with Crippen molar-refractivity contribution in [2.24, 2.45) is 11.8 Å². The summed E-state index contributed by atoms with van der Waals surface area (Å²) in [5.41, 5.74) is 0. The third-order valence-electron chi connectivity index (χ3n) is 5.42. The fraction of sp³-hybridized carbons (Fsp3) is 0.824. The number of nitrogens with zero attached hydrogens (tertiary/aromatic N) is 1. The maximum Gasteiger partial charge on any atom is 0.321 e. The van der Waals surface area contributed by atoms with Gasteiger partial charge in [0.1, 0.15) is 6.04 Å². The number of carboxylic acid groups (broad SMARTS) is 2. The van der Waals surface area contributed by atoms with Crippen LogP contribution in [0.25, 0.3) is 0 Å². The molecule has 0 aromatic carbocycles. The Kier molecular flexibility index (Phi) is 7.12. The molecule has 2 saturated heterocycles. The molecule has 2 aliphatic rings. The Balaban J connectivity index is 2.11. The highest BCUT2D eigenvalue weighted by Gasteiger charge is 2.51. The van der Waals surface area contributed by atoms with Crippen molar-refractivity contribution < 1.29 is 29.7 Å². The summed E-state index contributed by atoms with van der Waals surface area (Å²) < 4.78 is 0. The molecule has 2 fully saturated rings. The number of hydrogen-bond acceptors (Lipinski definition) is 7. The molecule has 9 nitrogen and oxygen atoms in total. The number of hydrogen-bond donors (Lipinski definition) is 5. The van der Waals surface area contributed by atoms with Crippen LogP contribution in [0.2, 0.25) is 0 Å². The first kappa shape index (κ1) is 21.9. The van der Waals surface area contributed by atoms with Crippen LogP contribution < -0.4 is 10.6 Å². The van der Waals surface area contributed by atoms with Gasteiger partial charge in [0.05, 0.1) is 18.1 Å². The van der Waals surface area contributed by atoms with Crippen molar-refractivity contribution in [1.82, 2.24) is 15.5 Å². The van der Waals surface area contributed by atoms with Gasteiger partial charge < -0.3 is 25.5 Å². The molecule has 1 amide bonds. The Morgan fingerprint density at radius 1 is 1.22 bits per heavy atom. The number of carbonyl (C=O) groups excluding carboxylic acids is 1. The van der Waals surface area contributed by atoms with E-state index in [0.29, 0.717) is 13.0 Å². The van der Waals surface area contributed by atoms with E-state index in [4.69, 9.17) is 0 Å². The first-order chi connectivity index (χ1) is 12.5. The largest absolute Gasteiger partial charge is 0.481 e. The lowest BCUT2D eigenvalue weighted by atomic mass is 9.87. The zero-order chi connectivity index (χ0) is 20.5. The Hall–Kier alpha value is -1.36. The molecule has 27 heavy (non-hydrogen) atoms. The number of carbonyl (C=O) groups is 3. The van der Waals surface area contributed by atoms with Gasteiger partial charge in [-0.05, 0) is 19.3 Å². The second-order valence-corrected chi connectivity index (χ2v) is 9.11. The van der Waals surface area contributed by atoms with Gasteiger partial charge in [-0.2, -0.15) is 11.8 Å². The van der Waals surface area contributed by atoms with Crippen LogP contribution in [0.5, 0.6) is 0 Å². The minimum absolute atomic E-state index is 0.0107. The number of aliphatic carboxylic acids is 2. The molecule has 2 heterocycles. The molecule has 1 unspecified atom stereocenters. The lowest BCUT2D eigenvalue weighted by Crippen LogP contribution is -2.47. The second-order valence-electron chi connectivity index (χ2n) is 7.62. The average molecular weight is 404 g/mol. The number of amides is 1. The number of carboxylic acids is 2. The van der Waals surface area contributed by atoms with Crippen molar-refractivity contribution >= 4 is 29.6 Å². The molecule has 0 aromatic rings. The fourth-order valence-electron chi connectivity index (χ4n) is 4.00. The number of aliphatic hydroxyl groups is 1. The van der Waals surface area contributed by atoms with Crippen molar-refractivity contribution in [3.8, 4) is 0 Å². The topological polar surface area (TPSA) is 139 Å². The van der Waals surface area contributed by atoms with E-state index >= 15 is 0 Å². The summed E-state index contributed by atoms with van der Waals surface area (Å²) in [5, 5.41) is 34.7. The van der Waals surface area contributed by atoms with Crippen LogP contribution in [-0.4, -0.2) is 93.4 Å². The lowest BCUT2D eigenvalue weighted by molar-refractivity contribution is -0.147. The second kappa shape index (κ2) is 8.76. The fourth-order valence-corrected chi connectivity index (χ4v) is 5.71. The molecule has 5 N–H and O–H groups in total. The van der Waals surface area contributed by atoms with Gasteiger partial charge in [0.15, 0.2) is 0 Å². The number of rotatable bonds is 7. The van der Waals surface area contributed by atoms with E-state index in [-0.39, 0.29) is 28.4 Å². The van der Waals surface area contributed by atoms with Gasteiger partial charge in [-0.15, -0.1) is 0 Å². The molecule has 8 atom stereocenters. The molecule has 0 spiro atoms. The zero-order valence-corrected chi connectivity index (χ0v) is 16.8. The molecule has 10 heteroatoms. The van der Waals surface area contributed by atoms with Crippen molar-refractivity contribution in [2.75, 3.05) is 20.6 Å². The number of nitrogens with one attached hydrogen (secondary N) is 2. The Bertz CT molecular complexity index is 587.